The van der Waals surface area contributed by atoms with Crippen LogP contribution in [0.25, 0.3) is 0 Å². The fraction of sp³-hybridized carbons (Fsp3) is 0.633. The van der Waals surface area contributed by atoms with Crippen LogP contribution in [0, 0.1) is 12.8 Å². The maximum absolute atomic E-state index is 12.8. The number of rotatable bonds is 7. The van der Waals surface area contributed by atoms with Crippen molar-refractivity contribution in [1.82, 2.24) is 24.7 Å². The first kappa shape index (κ1) is 25.4. The molecule has 8 nitrogen and oxygen atoms in total. The summed E-state index contributed by atoms with van der Waals surface area (Å²) in [4.78, 5) is 37.0. The molecule has 1 aromatic carbocycles. The second kappa shape index (κ2) is 10.7. The van der Waals surface area contributed by atoms with E-state index >= 15 is 0 Å². The van der Waals surface area contributed by atoms with E-state index in [1.54, 1.807) is 7.05 Å². The van der Waals surface area contributed by atoms with Crippen molar-refractivity contribution in [2.45, 2.75) is 89.4 Å². The van der Waals surface area contributed by atoms with Crippen LogP contribution in [0.3, 0.4) is 0 Å². The normalized spacial score (nSPS) is 25.1. The van der Waals surface area contributed by atoms with Crippen molar-refractivity contribution in [3.8, 4) is 0 Å². The van der Waals surface area contributed by atoms with Crippen LogP contribution in [0.1, 0.15) is 74.6 Å². The summed E-state index contributed by atoms with van der Waals surface area (Å²) in [5, 5.41) is 2.80. The summed E-state index contributed by atoms with van der Waals surface area (Å²) >= 11 is 0. The molecule has 1 aliphatic carbocycles. The molecule has 1 aromatic heterocycles. The van der Waals surface area contributed by atoms with E-state index < -0.39 is 0 Å². The Kier molecular flexibility index (Phi) is 7.16. The standard InChI is InChI=1S/C30H42N6O2/c1-21-32-27-20-33(29(37)22-8-6-9-22)17-14-28(27)36(21)26-18-24-12-13-25(19-26)34(24)15-7-16-35(30(38)31-2)23-10-4-3-5-11-23/h3-5,10-11,22,24-26H,6-9,12-20H2,1-2H3,(H,31,38). The number of aromatic nitrogens is 2. The largest absolute Gasteiger partial charge is 0.341 e. The van der Waals surface area contributed by atoms with E-state index in [2.05, 4.69) is 26.6 Å². The number of carbonyl (C=O) groups is 2. The minimum Gasteiger partial charge on any atom is -0.341 e. The predicted octanol–water partition coefficient (Wildman–Crippen LogP) is 4.28. The van der Waals surface area contributed by atoms with Crippen molar-refractivity contribution >= 4 is 17.6 Å². The number of para-hydroxylation sites is 1. The lowest BCUT2D eigenvalue weighted by Crippen LogP contribution is -2.46. The molecule has 38 heavy (non-hydrogen) atoms. The van der Waals surface area contributed by atoms with Crippen molar-refractivity contribution < 1.29 is 9.59 Å². The third kappa shape index (κ3) is 4.72. The highest BCUT2D eigenvalue weighted by Crippen LogP contribution is 2.42. The van der Waals surface area contributed by atoms with Crippen LogP contribution in [0.15, 0.2) is 30.3 Å². The molecule has 1 saturated carbocycles. The number of benzene rings is 1. The highest BCUT2D eigenvalue weighted by molar-refractivity contribution is 5.91. The summed E-state index contributed by atoms with van der Waals surface area (Å²) in [6.07, 6.45) is 10.1. The Morgan fingerprint density at radius 3 is 2.45 bits per heavy atom. The van der Waals surface area contributed by atoms with Crippen molar-refractivity contribution in [2.75, 3.05) is 31.6 Å². The Morgan fingerprint density at radius 2 is 1.79 bits per heavy atom. The van der Waals surface area contributed by atoms with Crippen molar-refractivity contribution in [3.05, 3.63) is 47.5 Å². The van der Waals surface area contributed by atoms with E-state index in [-0.39, 0.29) is 11.9 Å². The first-order valence-electron chi connectivity index (χ1n) is 14.7. The summed E-state index contributed by atoms with van der Waals surface area (Å²) < 4.78 is 2.55. The molecule has 4 aliphatic rings. The van der Waals surface area contributed by atoms with E-state index in [1.165, 1.54) is 37.8 Å². The van der Waals surface area contributed by atoms with Gasteiger partial charge in [-0.2, -0.15) is 0 Å². The van der Waals surface area contributed by atoms with E-state index in [4.69, 9.17) is 4.98 Å². The molecule has 3 fully saturated rings. The van der Waals surface area contributed by atoms with Gasteiger partial charge in [0.2, 0.25) is 5.91 Å². The quantitative estimate of drug-likeness (QED) is 0.594. The Balaban J connectivity index is 1.08. The molecule has 2 atom stereocenters. The zero-order valence-corrected chi connectivity index (χ0v) is 22.9. The average Bonchev–Trinajstić information content (AvgIpc) is 3.35. The number of urea groups is 1. The lowest BCUT2D eigenvalue weighted by atomic mass is 9.84. The molecule has 6 rings (SSSR count). The zero-order valence-electron chi connectivity index (χ0n) is 22.9. The van der Waals surface area contributed by atoms with Gasteiger partial charge in [0.1, 0.15) is 5.82 Å². The molecule has 0 radical (unpaired) electrons. The summed E-state index contributed by atoms with van der Waals surface area (Å²) in [6.45, 7) is 5.42. The van der Waals surface area contributed by atoms with Gasteiger partial charge in [0, 0.05) is 68.5 Å². The Morgan fingerprint density at radius 1 is 1.05 bits per heavy atom. The monoisotopic (exact) mass is 518 g/mol. The highest BCUT2D eigenvalue weighted by atomic mass is 16.2. The molecular weight excluding hydrogens is 476 g/mol. The molecular formula is C30H42N6O2. The first-order valence-corrected chi connectivity index (χ1v) is 14.7. The molecule has 2 aromatic rings. The number of fused-ring (bicyclic) bond motifs is 3. The van der Waals surface area contributed by atoms with Gasteiger partial charge >= 0.3 is 6.03 Å². The highest BCUT2D eigenvalue weighted by Gasteiger charge is 2.42. The Labute approximate surface area is 226 Å². The molecule has 2 unspecified atom stereocenters. The molecule has 2 bridgehead atoms. The molecule has 3 aliphatic heterocycles. The summed E-state index contributed by atoms with van der Waals surface area (Å²) in [6, 6.07) is 11.6. The third-order valence-electron chi connectivity index (χ3n) is 9.54. The van der Waals surface area contributed by atoms with Crippen LogP contribution in [-0.2, 0) is 17.8 Å². The van der Waals surface area contributed by atoms with Crippen molar-refractivity contribution in [1.29, 1.82) is 0 Å². The molecule has 2 saturated heterocycles. The van der Waals surface area contributed by atoms with Crippen LogP contribution in [0.5, 0.6) is 0 Å². The third-order valence-corrected chi connectivity index (χ3v) is 9.54. The SMILES string of the molecule is CNC(=O)N(CCCN1C2CCC1CC(n1c(C)nc3c1CCN(C(=O)C1CCC1)C3)C2)c1ccccc1. The predicted molar refractivity (Wildman–Crippen MR) is 148 cm³/mol. The van der Waals surface area contributed by atoms with Gasteiger partial charge in [-0.3, -0.25) is 14.6 Å². The van der Waals surface area contributed by atoms with Gasteiger partial charge in [0.05, 0.1) is 12.2 Å². The van der Waals surface area contributed by atoms with Crippen molar-refractivity contribution in [3.63, 3.8) is 0 Å². The number of nitrogens with zero attached hydrogens (tertiary/aromatic N) is 5. The summed E-state index contributed by atoms with van der Waals surface area (Å²) in [7, 11) is 1.70. The minimum atomic E-state index is -0.0498. The molecule has 4 heterocycles. The van der Waals surface area contributed by atoms with Gasteiger partial charge in [-0.15, -0.1) is 0 Å². The first-order chi connectivity index (χ1) is 18.5. The van der Waals surface area contributed by atoms with Crippen molar-refractivity contribution in [2.24, 2.45) is 5.92 Å². The van der Waals surface area contributed by atoms with Gasteiger partial charge in [-0.1, -0.05) is 24.6 Å². The van der Waals surface area contributed by atoms with Crippen LogP contribution < -0.4 is 10.2 Å². The van der Waals surface area contributed by atoms with Gasteiger partial charge in [0.15, 0.2) is 0 Å². The average molecular weight is 519 g/mol. The molecule has 1 N–H and O–H groups in total. The van der Waals surface area contributed by atoms with E-state index in [9.17, 15) is 9.59 Å². The maximum Gasteiger partial charge on any atom is 0.321 e. The van der Waals surface area contributed by atoms with Crippen LogP contribution in [-0.4, -0.2) is 70.1 Å². The number of imidazole rings is 1. The number of hydrogen-bond acceptors (Lipinski definition) is 4. The van der Waals surface area contributed by atoms with Gasteiger partial charge < -0.3 is 14.8 Å². The molecule has 8 heteroatoms. The van der Waals surface area contributed by atoms with E-state index in [0.717, 1.165) is 56.0 Å². The number of carbonyl (C=O) groups excluding carboxylic acids is 2. The number of aryl methyl sites for hydroxylation is 1. The lowest BCUT2D eigenvalue weighted by molar-refractivity contribution is -0.139. The van der Waals surface area contributed by atoms with Gasteiger partial charge in [0.25, 0.3) is 0 Å². The van der Waals surface area contributed by atoms with Gasteiger partial charge in [-0.05, 0) is 64.0 Å². The second-order valence-corrected chi connectivity index (χ2v) is 11.7. The number of nitrogens with one attached hydrogen (secondary N) is 1. The zero-order chi connectivity index (χ0) is 26.2. The lowest BCUT2D eigenvalue weighted by Gasteiger charge is -2.41. The fourth-order valence-corrected chi connectivity index (χ4v) is 7.45. The van der Waals surface area contributed by atoms with Crippen LogP contribution >= 0.6 is 0 Å². The Bertz CT molecular complexity index is 1140. The van der Waals surface area contributed by atoms with Crippen LogP contribution in [0.4, 0.5) is 10.5 Å². The molecule has 3 amide bonds. The van der Waals surface area contributed by atoms with Crippen LogP contribution in [0.2, 0.25) is 0 Å². The Hall–Kier alpha value is -2.87. The van der Waals surface area contributed by atoms with Gasteiger partial charge in [-0.25, -0.2) is 9.78 Å². The number of anilines is 1. The van der Waals surface area contributed by atoms with E-state index in [0.29, 0.717) is 37.1 Å². The number of amides is 3. The number of piperidine rings is 1. The molecule has 204 valence electrons. The summed E-state index contributed by atoms with van der Waals surface area (Å²) in [5.74, 6) is 1.73. The van der Waals surface area contributed by atoms with E-state index in [1.807, 2.05) is 35.2 Å². The minimum absolute atomic E-state index is 0.0498. The topological polar surface area (TPSA) is 73.7 Å². The fourth-order valence-electron chi connectivity index (χ4n) is 7.45. The second-order valence-electron chi connectivity index (χ2n) is 11.7. The number of hydrogen-bond donors (Lipinski definition) is 1. The maximum atomic E-state index is 12.8. The summed E-state index contributed by atoms with van der Waals surface area (Å²) in [5.41, 5.74) is 3.45. The smallest absolute Gasteiger partial charge is 0.321 e. The molecule has 0 spiro atoms.